The maximum atomic E-state index is 12.4. The van der Waals surface area contributed by atoms with Crippen LogP contribution < -0.4 is 14.9 Å². The molecule has 9 heteroatoms. The van der Waals surface area contributed by atoms with Crippen molar-refractivity contribution in [2.45, 2.75) is 38.6 Å². The van der Waals surface area contributed by atoms with E-state index in [2.05, 4.69) is 19.9 Å². The third-order valence-electron chi connectivity index (χ3n) is 4.81. The smallest absolute Gasteiger partial charge is 0.261 e. The lowest BCUT2D eigenvalue weighted by atomic mass is 10.2. The zero-order valence-electron chi connectivity index (χ0n) is 16.7. The Labute approximate surface area is 176 Å². The van der Waals surface area contributed by atoms with Gasteiger partial charge in [0, 0.05) is 37.3 Å². The second-order valence-electron chi connectivity index (χ2n) is 7.29. The number of anilines is 1. The second-order valence-corrected chi connectivity index (χ2v) is 10.3. The van der Waals surface area contributed by atoms with Crippen LogP contribution in [-0.2, 0) is 23.0 Å². The number of carbonyl (C=O) groups excluding carboxylic acids is 1. The molecule has 1 amide bonds. The van der Waals surface area contributed by atoms with Gasteiger partial charge in [0.1, 0.15) is 5.82 Å². The van der Waals surface area contributed by atoms with E-state index in [9.17, 15) is 13.2 Å². The highest BCUT2D eigenvalue weighted by molar-refractivity contribution is 7.88. The molecule has 0 aromatic carbocycles. The van der Waals surface area contributed by atoms with E-state index in [1.54, 1.807) is 6.07 Å². The van der Waals surface area contributed by atoms with E-state index in [4.69, 9.17) is 0 Å². The van der Waals surface area contributed by atoms with E-state index in [0.29, 0.717) is 24.4 Å². The highest BCUT2D eigenvalue weighted by Gasteiger charge is 2.12. The number of carbonyl (C=O) groups is 1. The summed E-state index contributed by atoms with van der Waals surface area (Å²) >= 11 is 1.38. The van der Waals surface area contributed by atoms with Crippen molar-refractivity contribution in [3.63, 3.8) is 0 Å². The van der Waals surface area contributed by atoms with Gasteiger partial charge in [0.2, 0.25) is 10.0 Å². The number of sulfonamides is 1. The summed E-state index contributed by atoms with van der Waals surface area (Å²) in [7, 11) is -3.19. The molecule has 29 heavy (non-hydrogen) atoms. The van der Waals surface area contributed by atoms with Crippen LogP contribution >= 0.6 is 11.3 Å². The molecular weight excluding hydrogens is 408 g/mol. The van der Waals surface area contributed by atoms with Gasteiger partial charge in [-0.25, -0.2) is 18.1 Å². The monoisotopic (exact) mass is 436 g/mol. The number of pyridine rings is 1. The number of amides is 1. The fourth-order valence-corrected chi connectivity index (χ4v) is 4.67. The Hall–Kier alpha value is -1.97. The lowest BCUT2D eigenvalue weighted by Gasteiger charge is -2.21. The number of hydrogen-bond acceptors (Lipinski definition) is 6. The van der Waals surface area contributed by atoms with E-state index >= 15 is 0 Å². The number of aromatic nitrogens is 1. The zero-order chi connectivity index (χ0) is 20.7. The van der Waals surface area contributed by atoms with Crippen molar-refractivity contribution < 1.29 is 13.2 Å². The number of hydrogen-bond donors (Lipinski definition) is 2. The first-order valence-corrected chi connectivity index (χ1v) is 12.6. The van der Waals surface area contributed by atoms with Crippen LogP contribution in [0.3, 0.4) is 0 Å². The molecule has 0 aliphatic carbocycles. The zero-order valence-corrected chi connectivity index (χ0v) is 18.3. The van der Waals surface area contributed by atoms with Crippen LogP contribution in [0.1, 0.15) is 45.8 Å². The molecule has 2 aromatic rings. The SMILES string of the molecule is CS(=O)(=O)NCCc1ccc(C(=O)NCc2ccc(N3CCCCCC3)nc2)s1. The summed E-state index contributed by atoms with van der Waals surface area (Å²) in [6.45, 7) is 2.87. The Morgan fingerprint density at radius 3 is 2.55 bits per heavy atom. The first-order chi connectivity index (χ1) is 13.9. The second kappa shape index (κ2) is 10.2. The summed E-state index contributed by atoms with van der Waals surface area (Å²) in [6.07, 6.45) is 8.54. The van der Waals surface area contributed by atoms with Gasteiger partial charge in [0.05, 0.1) is 11.1 Å². The Morgan fingerprint density at radius 2 is 1.90 bits per heavy atom. The minimum Gasteiger partial charge on any atom is -0.357 e. The van der Waals surface area contributed by atoms with Crippen LogP contribution in [0.15, 0.2) is 30.5 Å². The molecule has 2 aromatic heterocycles. The van der Waals surface area contributed by atoms with Crippen LogP contribution in [0.25, 0.3) is 0 Å². The van der Waals surface area contributed by atoms with E-state index < -0.39 is 10.0 Å². The Bertz CT molecular complexity index is 902. The minimum atomic E-state index is -3.19. The molecule has 1 fully saturated rings. The Morgan fingerprint density at radius 1 is 1.14 bits per heavy atom. The molecule has 0 spiro atoms. The summed E-state index contributed by atoms with van der Waals surface area (Å²) in [5.41, 5.74) is 0.964. The van der Waals surface area contributed by atoms with Crippen molar-refractivity contribution in [2.24, 2.45) is 0 Å². The van der Waals surface area contributed by atoms with Gasteiger partial charge in [0.15, 0.2) is 0 Å². The third kappa shape index (κ3) is 7.09. The first-order valence-electron chi connectivity index (χ1n) is 9.92. The number of nitrogens with zero attached hydrogens (tertiary/aromatic N) is 2. The molecule has 0 atom stereocenters. The minimum absolute atomic E-state index is 0.131. The molecule has 3 heterocycles. The predicted molar refractivity (Wildman–Crippen MR) is 117 cm³/mol. The first kappa shape index (κ1) is 21.7. The topological polar surface area (TPSA) is 91.4 Å². The molecule has 0 saturated carbocycles. The molecule has 1 aliphatic heterocycles. The van der Waals surface area contributed by atoms with Crippen molar-refractivity contribution in [3.8, 4) is 0 Å². The van der Waals surface area contributed by atoms with Crippen molar-refractivity contribution in [2.75, 3.05) is 30.8 Å². The molecule has 3 rings (SSSR count). The number of thiophene rings is 1. The fourth-order valence-electron chi connectivity index (χ4n) is 3.27. The largest absolute Gasteiger partial charge is 0.357 e. The fraction of sp³-hybridized carbons (Fsp3) is 0.500. The summed E-state index contributed by atoms with van der Waals surface area (Å²) in [6, 6.07) is 7.69. The van der Waals surface area contributed by atoms with Crippen LogP contribution in [-0.4, -0.2) is 45.2 Å². The molecule has 7 nitrogen and oxygen atoms in total. The van der Waals surface area contributed by atoms with E-state index in [1.165, 1.54) is 37.0 Å². The normalized spacial score (nSPS) is 15.1. The molecule has 1 aliphatic rings. The molecule has 1 saturated heterocycles. The van der Waals surface area contributed by atoms with E-state index in [1.807, 2.05) is 24.4 Å². The van der Waals surface area contributed by atoms with Crippen LogP contribution in [0.4, 0.5) is 5.82 Å². The third-order valence-corrected chi connectivity index (χ3v) is 6.69. The van der Waals surface area contributed by atoms with Gasteiger partial charge in [-0.2, -0.15) is 0 Å². The lowest BCUT2D eigenvalue weighted by molar-refractivity contribution is 0.0955. The lowest BCUT2D eigenvalue weighted by Crippen LogP contribution is -2.25. The van der Waals surface area contributed by atoms with Crippen molar-refractivity contribution in [1.29, 1.82) is 0 Å². The summed E-state index contributed by atoms with van der Waals surface area (Å²) in [4.78, 5) is 20.9. The average molecular weight is 437 g/mol. The van der Waals surface area contributed by atoms with Gasteiger partial charge in [-0.3, -0.25) is 4.79 Å². The summed E-state index contributed by atoms with van der Waals surface area (Å²) < 4.78 is 24.7. The van der Waals surface area contributed by atoms with Crippen LogP contribution in [0.5, 0.6) is 0 Å². The Kier molecular flexibility index (Phi) is 7.63. The average Bonchev–Trinajstić information content (AvgIpc) is 2.99. The van der Waals surface area contributed by atoms with E-state index in [0.717, 1.165) is 35.6 Å². The van der Waals surface area contributed by atoms with Gasteiger partial charge >= 0.3 is 0 Å². The Balaban J connectivity index is 1.47. The number of nitrogens with one attached hydrogen (secondary N) is 2. The maximum absolute atomic E-state index is 12.4. The van der Waals surface area contributed by atoms with Crippen molar-refractivity contribution >= 4 is 33.1 Å². The highest BCUT2D eigenvalue weighted by atomic mass is 32.2. The van der Waals surface area contributed by atoms with Crippen molar-refractivity contribution in [3.05, 3.63) is 45.8 Å². The molecular formula is C20H28N4O3S2. The predicted octanol–water partition coefficient (Wildman–Crippen LogP) is 2.55. The van der Waals surface area contributed by atoms with Gasteiger partial charge in [-0.05, 0) is 43.0 Å². The molecule has 158 valence electrons. The van der Waals surface area contributed by atoms with Gasteiger partial charge in [0.25, 0.3) is 5.91 Å². The number of rotatable bonds is 8. The molecule has 0 radical (unpaired) electrons. The standard InChI is InChI=1S/C20H28N4O3S2/c1-29(26,27)23-11-10-17-7-8-18(28-17)20(25)22-15-16-6-9-19(21-14-16)24-12-4-2-3-5-13-24/h6-9,14,23H,2-5,10-13,15H2,1H3,(H,22,25). The molecule has 0 unspecified atom stereocenters. The van der Waals surface area contributed by atoms with Gasteiger partial charge in [-0.15, -0.1) is 11.3 Å². The summed E-state index contributed by atoms with van der Waals surface area (Å²) in [5.74, 6) is 0.876. The molecule has 0 bridgehead atoms. The highest BCUT2D eigenvalue weighted by Crippen LogP contribution is 2.19. The quantitative estimate of drug-likeness (QED) is 0.664. The van der Waals surface area contributed by atoms with Crippen molar-refractivity contribution in [1.82, 2.24) is 15.0 Å². The van der Waals surface area contributed by atoms with Crippen LogP contribution in [0, 0.1) is 0 Å². The molecule has 2 N–H and O–H groups in total. The van der Waals surface area contributed by atoms with Gasteiger partial charge in [-0.1, -0.05) is 18.9 Å². The van der Waals surface area contributed by atoms with E-state index in [-0.39, 0.29) is 5.91 Å². The maximum Gasteiger partial charge on any atom is 0.261 e. The van der Waals surface area contributed by atoms with Gasteiger partial charge < -0.3 is 10.2 Å². The van der Waals surface area contributed by atoms with Crippen LogP contribution in [0.2, 0.25) is 0 Å². The summed E-state index contributed by atoms with van der Waals surface area (Å²) in [5, 5.41) is 2.92.